The third kappa shape index (κ3) is 4.57. The predicted octanol–water partition coefficient (Wildman–Crippen LogP) is 3.07. The van der Waals surface area contributed by atoms with Crippen molar-refractivity contribution in [2.75, 3.05) is 20.3 Å². The number of ether oxygens (including phenoxy) is 2. The second kappa shape index (κ2) is 8.83. The number of rotatable bonds is 7. The highest BCUT2D eigenvalue weighted by Gasteiger charge is 2.32. The Hall–Kier alpha value is -1.88. The second-order valence-corrected chi connectivity index (χ2v) is 6.39. The number of carbonyl (C=O) groups excluding carboxylic acids is 2. The Morgan fingerprint density at radius 2 is 2.00 bits per heavy atom. The monoisotopic (exact) mass is 333 g/mol. The molecule has 0 aromatic heterocycles. The smallest absolute Gasteiger partial charge is 0.295 e. The third-order valence-corrected chi connectivity index (χ3v) is 4.34. The van der Waals surface area contributed by atoms with Gasteiger partial charge in [0.2, 0.25) is 0 Å². The molecule has 1 unspecified atom stereocenters. The minimum absolute atomic E-state index is 0.0728. The van der Waals surface area contributed by atoms with E-state index in [4.69, 9.17) is 9.47 Å². The van der Waals surface area contributed by atoms with Crippen LogP contribution in [0.25, 0.3) is 0 Å². The molecule has 0 radical (unpaired) electrons. The van der Waals surface area contributed by atoms with Gasteiger partial charge in [-0.25, -0.2) is 0 Å². The van der Waals surface area contributed by atoms with E-state index in [9.17, 15) is 9.59 Å². The van der Waals surface area contributed by atoms with Crippen molar-refractivity contribution in [1.82, 2.24) is 4.90 Å². The Morgan fingerprint density at radius 1 is 1.25 bits per heavy atom. The summed E-state index contributed by atoms with van der Waals surface area (Å²) in [6, 6.07) is 6.94. The maximum absolute atomic E-state index is 12.8. The van der Waals surface area contributed by atoms with Crippen LogP contribution >= 0.6 is 0 Å². The number of benzene rings is 1. The fourth-order valence-electron chi connectivity index (χ4n) is 3.09. The summed E-state index contributed by atoms with van der Waals surface area (Å²) in [5.41, 5.74) is 0.327. The largest absolute Gasteiger partial charge is 0.496 e. The van der Waals surface area contributed by atoms with Gasteiger partial charge in [0.15, 0.2) is 0 Å². The van der Waals surface area contributed by atoms with Gasteiger partial charge in [-0.05, 0) is 51.7 Å². The molecule has 1 aromatic carbocycles. The van der Waals surface area contributed by atoms with Crippen LogP contribution in [0.4, 0.5) is 0 Å². The van der Waals surface area contributed by atoms with Crippen molar-refractivity contribution < 1.29 is 19.1 Å². The number of carbonyl (C=O) groups is 2. The normalized spacial score (nSPS) is 17.8. The molecule has 2 rings (SSSR count). The lowest BCUT2D eigenvalue weighted by atomic mass is 9.98. The fraction of sp³-hybridized carbons (Fsp3) is 0.579. The number of ketones is 1. The summed E-state index contributed by atoms with van der Waals surface area (Å²) in [7, 11) is 1.50. The zero-order valence-electron chi connectivity index (χ0n) is 14.8. The van der Waals surface area contributed by atoms with Crippen LogP contribution < -0.4 is 4.74 Å². The molecule has 1 fully saturated rings. The van der Waals surface area contributed by atoms with Gasteiger partial charge in [-0.2, -0.15) is 0 Å². The zero-order valence-corrected chi connectivity index (χ0v) is 14.8. The van der Waals surface area contributed by atoms with Crippen LogP contribution in [0.3, 0.4) is 0 Å². The SMILES string of the molecule is COc1ccccc1C(=O)C(=O)N1CCCCC1CCOC(C)C. The van der Waals surface area contributed by atoms with Crippen molar-refractivity contribution >= 4 is 11.7 Å². The minimum Gasteiger partial charge on any atom is -0.496 e. The highest BCUT2D eigenvalue weighted by molar-refractivity contribution is 6.43. The van der Waals surface area contributed by atoms with Gasteiger partial charge >= 0.3 is 0 Å². The van der Waals surface area contributed by atoms with Crippen LogP contribution in [0.5, 0.6) is 5.75 Å². The number of hydrogen-bond donors (Lipinski definition) is 0. The molecule has 24 heavy (non-hydrogen) atoms. The molecule has 0 aliphatic carbocycles. The first-order valence-electron chi connectivity index (χ1n) is 8.64. The molecule has 5 nitrogen and oxygen atoms in total. The van der Waals surface area contributed by atoms with Crippen molar-refractivity contribution in [2.45, 2.75) is 51.7 Å². The summed E-state index contributed by atoms with van der Waals surface area (Å²) in [6.07, 6.45) is 3.88. The van der Waals surface area contributed by atoms with Gasteiger partial charge < -0.3 is 14.4 Å². The number of para-hydroxylation sites is 1. The lowest BCUT2D eigenvalue weighted by Gasteiger charge is -2.35. The lowest BCUT2D eigenvalue weighted by Crippen LogP contribution is -2.47. The molecule has 1 aromatic rings. The van der Waals surface area contributed by atoms with Crippen LogP contribution in [0.2, 0.25) is 0 Å². The predicted molar refractivity (Wildman–Crippen MR) is 92.4 cm³/mol. The third-order valence-electron chi connectivity index (χ3n) is 4.34. The Morgan fingerprint density at radius 3 is 2.71 bits per heavy atom. The van der Waals surface area contributed by atoms with E-state index in [1.54, 1.807) is 29.2 Å². The molecule has 0 spiro atoms. The van der Waals surface area contributed by atoms with Gasteiger partial charge in [0, 0.05) is 19.2 Å². The van der Waals surface area contributed by atoms with Gasteiger partial charge in [0.1, 0.15) is 5.75 Å². The van der Waals surface area contributed by atoms with Crippen molar-refractivity contribution in [3.05, 3.63) is 29.8 Å². The molecule has 1 atom stereocenters. The molecule has 0 N–H and O–H groups in total. The van der Waals surface area contributed by atoms with Crippen LogP contribution in [0.15, 0.2) is 24.3 Å². The highest BCUT2D eigenvalue weighted by atomic mass is 16.5. The van der Waals surface area contributed by atoms with E-state index in [-0.39, 0.29) is 12.1 Å². The maximum atomic E-state index is 12.8. The number of methoxy groups -OCH3 is 1. The van der Waals surface area contributed by atoms with Gasteiger partial charge in [0.25, 0.3) is 11.7 Å². The van der Waals surface area contributed by atoms with E-state index in [1.165, 1.54) is 7.11 Å². The van der Waals surface area contributed by atoms with E-state index in [0.29, 0.717) is 24.5 Å². The molecule has 0 saturated carbocycles. The Kier molecular flexibility index (Phi) is 6.79. The van der Waals surface area contributed by atoms with Crippen LogP contribution in [-0.4, -0.2) is 49.0 Å². The summed E-state index contributed by atoms with van der Waals surface area (Å²) in [5, 5.41) is 0. The number of likely N-dealkylation sites (tertiary alicyclic amines) is 1. The standard InChI is InChI=1S/C19H27NO4/c1-14(2)24-13-11-15-8-6-7-12-20(15)19(22)18(21)16-9-4-5-10-17(16)23-3/h4-5,9-10,14-15H,6-8,11-13H2,1-3H3. The molecule has 132 valence electrons. The quantitative estimate of drug-likeness (QED) is 0.568. The first kappa shape index (κ1) is 18.5. The summed E-state index contributed by atoms with van der Waals surface area (Å²) in [4.78, 5) is 27.1. The average Bonchev–Trinajstić information content (AvgIpc) is 2.60. The fourth-order valence-corrected chi connectivity index (χ4v) is 3.09. The van der Waals surface area contributed by atoms with Crippen molar-refractivity contribution in [3.63, 3.8) is 0 Å². The number of piperidine rings is 1. The first-order chi connectivity index (χ1) is 11.5. The average molecular weight is 333 g/mol. The zero-order chi connectivity index (χ0) is 17.5. The molecular weight excluding hydrogens is 306 g/mol. The summed E-state index contributed by atoms with van der Waals surface area (Å²) < 4.78 is 10.8. The van der Waals surface area contributed by atoms with Gasteiger partial charge in [-0.1, -0.05) is 12.1 Å². The summed E-state index contributed by atoms with van der Waals surface area (Å²) >= 11 is 0. The second-order valence-electron chi connectivity index (χ2n) is 6.39. The van der Waals surface area contributed by atoms with E-state index >= 15 is 0 Å². The van der Waals surface area contributed by atoms with Gasteiger partial charge in [-0.3, -0.25) is 9.59 Å². The van der Waals surface area contributed by atoms with E-state index in [0.717, 1.165) is 25.7 Å². The molecule has 1 amide bonds. The molecular formula is C19H27NO4. The Bertz CT molecular complexity index is 570. The van der Waals surface area contributed by atoms with Crippen LogP contribution in [0, 0.1) is 0 Å². The molecule has 1 saturated heterocycles. The maximum Gasteiger partial charge on any atom is 0.295 e. The van der Waals surface area contributed by atoms with Crippen molar-refractivity contribution in [1.29, 1.82) is 0 Å². The van der Waals surface area contributed by atoms with Crippen LogP contribution in [0.1, 0.15) is 49.9 Å². The molecule has 1 heterocycles. The highest BCUT2D eigenvalue weighted by Crippen LogP contribution is 2.23. The van der Waals surface area contributed by atoms with E-state index < -0.39 is 11.7 Å². The van der Waals surface area contributed by atoms with Gasteiger partial charge in [0.05, 0.1) is 18.8 Å². The number of nitrogens with zero attached hydrogens (tertiary/aromatic N) is 1. The first-order valence-corrected chi connectivity index (χ1v) is 8.64. The number of hydrogen-bond acceptors (Lipinski definition) is 4. The summed E-state index contributed by atoms with van der Waals surface area (Å²) in [6.45, 7) is 5.23. The Labute approximate surface area is 143 Å². The van der Waals surface area contributed by atoms with Crippen molar-refractivity contribution in [2.24, 2.45) is 0 Å². The number of amides is 1. The Balaban J connectivity index is 2.08. The van der Waals surface area contributed by atoms with Crippen molar-refractivity contribution in [3.8, 4) is 5.75 Å². The minimum atomic E-state index is -0.496. The molecule has 1 aliphatic rings. The lowest BCUT2D eigenvalue weighted by molar-refractivity contribution is -0.130. The van der Waals surface area contributed by atoms with Crippen LogP contribution in [-0.2, 0) is 9.53 Å². The molecule has 0 bridgehead atoms. The van der Waals surface area contributed by atoms with Gasteiger partial charge in [-0.15, -0.1) is 0 Å². The summed E-state index contributed by atoms with van der Waals surface area (Å²) in [5.74, 6) is -0.495. The topological polar surface area (TPSA) is 55.8 Å². The van der Waals surface area contributed by atoms with E-state index in [2.05, 4.69) is 0 Å². The van der Waals surface area contributed by atoms with E-state index in [1.807, 2.05) is 13.8 Å². The molecule has 1 aliphatic heterocycles. The molecule has 5 heteroatoms. The number of Topliss-reactive ketones (excluding diaryl/α,β-unsaturated/α-hetero) is 1.